The average Bonchev–Trinajstić information content (AvgIpc) is 2.80. The molecule has 0 aromatic rings. The van der Waals surface area contributed by atoms with Gasteiger partial charge in [0.2, 0.25) is 0 Å². The Kier molecular flexibility index (Phi) is 8.54. The molecule has 0 N–H and O–H groups in total. The maximum atomic E-state index is 10.9. The number of methoxy groups -OCH3 is 1. The molecular formula is C15H24ClNO3. The van der Waals surface area contributed by atoms with Crippen LogP contribution in [0, 0.1) is 0 Å². The molecule has 1 saturated heterocycles. The summed E-state index contributed by atoms with van der Waals surface area (Å²) in [6.45, 7) is 1.77. The van der Waals surface area contributed by atoms with Crippen LogP contribution in [-0.2, 0) is 14.3 Å². The van der Waals surface area contributed by atoms with Crippen molar-refractivity contribution in [1.82, 2.24) is 4.90 Å². The third kappa shape index (κ3) is 6.06. The van der Waals surface area contributed by atoms with Crippen LogP contribution in [0.2, 0.25) is 0 Å². The Morgan fingerprint density at radius 1 is 1.40 bits per heavy atom. The standard InChI is InChI=1S/C15H24ClNO3/c1-20-15(19)8-5-3-2-4-7-14-13(16)9-11-17(14)10-6-12-18/h2,4,12-14H,3,5-11H2,1H3/b4-2-/t13-,14+/m1/s1. The molecule has 0 spiro atoms. The molecule has 1 heterocycles. The second kappa shape index (κ2) is 9.94. The van der Waals surface area contributed by atoms with Crippen LogP contribution in [0.5, 0.6) is 0 Å². The predicted molar refractivity (Wildman–Crippen MR) is 79.9 cm³/mol. The first-order chi connectivity index (χ1) is 9.69. The molecule has 20 heavy (non-hydrogen) atoms. The van der Waals surface area contributed by atoms with Gasteiger partial charge in [-0.3, -0.25) is 9.69 Å². The van der Waals surface area contributed by atoms with Gasteiger partial charge in [0.05, 0.1) is 12.5 Å². The van der Waals surface area contributed by atoms with Gasteiger partial charge in [0.1, 0.15) is 6.29 Å². The van der Waals surface area contributed by atoms with E-state index in [-0.39, 0.29) is 11.3 Å². The van der Waals surface area contributed by atoms with Crippen LogP contribution in [0.4, 0.5) is 0 Å². The fourth-order valence-corrected chi connectivity index (χ4v) is 2.85. The molecule has 0 aromatic carbocycles. The van der Waals surface area contributed by atoms with Crippen LogP contribution in [0.3, 0.4) is 0 Å². The molecule has 1 aliphatic heterocycles. The van der Waals surface area contributed by atoms with Gasteiger partial charge in [-0.1, -0.05) is 12.2 Å². The second-order valence-corrected chi connectivity index (χ2v) is 5.60. The van der Waals surface area contributed by atoms with Gasteiger partial charge in [0, 0.05) is 25.4 Å². The molecular weight excluding hydrogens is 278 g/mol. The van der Waals surface area contributed by atoms with E-state index in [4.69, 9.17) is 11.6 Å². The quantitative estimate of drug-likeness (QED) is 0.216. The van der Waals surface area contributed by atoms with E-state index in [9.17, 15) is 9.59 Å². The number of carbonyl (C=O) groups excluding carboxylic acids is 2. The second-order valence-electron chi connectivity index (χ2n) is 5.04. The number of likely N-dealkylation sites (tertiary alicyclic amines) is 1. The van der Waals surface area contributed by atoms with Crippen molar-refractivity contribution in [3.05, 3.63) is 12.2 Å². The molecule has 4 nitrogen and oxygen atoms in total. The SMILES string of the molecule is COC(=O)CCC/C=C\C[C@H]1[C@H](Cl)CCN1CCC=O. The molecule has 0 aromatic heterocycles. The minimum absolute atomic E-state index is 0.157. The van der Waals surface area contributed by atoms with Gasteiger partial charge in [0.15, 0.2) is 0 Å². The van der Waals surface area contributed by atoms with Gasteiger partial charge in [-0.15, -0.1) is 11.6 Å². The number of esters is 1. The van der Waals surface area contributed by atoms with E-state index in [1.165, 1.54) is 7.11 Å². The zero-order valence-corrected chi connectivity index (χ0v) is 12.8. The van der Waals surface area contributed by atoms with E-state index in [0.717, 1.165) is 45.1 Å². The number of ether oxygens (including phenoxy) is 1. The average molecular weight is 302 g/mol. The minimum atomic E-state index is -0.157. The normalized spacial score (nSPS) is 23.3. The van der Waals surface area contributed by atoms with Crippen LogP contribution in [0.15, 0.2) is 12.2 Å². The van der Waals surface area contributed by atoms with Crippen molar-refractivity contribution in [2.45, 2.75) is 49.9 Å². The number of rotatable bonds is 9. The highest BCUT2D eigenvalue weighted by atomic mass is 35.5. The molecule has 1 aliphatic rings. The highest BCUT2D eigenvalue weighted by molar-refractivity contribution is 6.21. The zero-order valence-electron chi connectivity index (χ0n) is 12.1. The summed E-state index contributed by atoms with van der Waals surface area (Å²) in [5.74, 6) is -0.157. The Morgan fingerprint density at radius 2 is 2.20 bits per heavy atom. The third-order valence-electron chi connectivity index (χ3n) is 3.64. The molecule has 0 amide bonds. The van der Waals surface area contributed by atoms with Gasteiger partial charge in [-0.05, 0) is 32.2 Å². The molecule has 0 saturated carbocycles. The lowest BCUT2D eigenvalue weighted by Crippen LogP contribution is -2.33. The maximum Gasteiger partial charge on any atom is 0.305 e. The fourth-order valence-electron chi connectivity index (χ4n) is 2.49. The first-order valence-electron chi connectivity index (χ1n) is 7.22. The first-order valence-corrected chi connectivity index (χ1v) is 7.66. The number of hydrogen-bond donors (Lipinski definition) is 0. The van der Waals surface area contributed by atoms with Gasteiger partial charge in [-0.2, -0.15) is 0 Å². The number of aldehydes is 1. The van der Waals surface area contributed by atoms with E-state index in [2.05, 4.69) is 21.8 Å². The molecule has 0 unspecified atom stereocenters. The van der Waals surface area contributed by atoms with E-state index in [0.29, 0.717) is 18.9 Å². The lowest BCUT2D eigenvalue weighted by molar-refractivity contribution is -0.140. The number of alkyl halides is 1. The topological polar surface area (TPSA) is 46.6 Å². The van der Waals surface area contributed by atoms with Gasteiger partial charge >= 0.3 is 5.97 Å². The minimum Gasteiger partial charge on any atom is -0.469 e. The van der Waals surface area contributed by atoms with Crippen molar-refractivity contribution in [2.75, 3.05) is 20.2 Å². The number of unbranched alkanes of at least 4 members (excludes halogenated alkanes) is 1. The fraction of sp³-hybridized carbons (Fsp3) is 0.733. The van der Waals surface area contributed by atoms with Crippen molar-refractivity contribution < 1.29 is 14.3 Å². The van der Waals surface area contributed by atoms with Crippen LogP contribution in [0.1, 0.15) is 38.5 Å². The predicted octanol–water partition coefficient (Wildman–Crippen LogP) is 2.55. The van der Waals surface area contributed by atoms with Crippen LogP contribution in [-0.4, -0.2) is 48.8 Å². The molecule has 0 aliphatic carbocycles. The van der Waals surface area contributed by atoms with Gasteiger partial charge in [-0.25, -0.2) is 0 Å². The Labute approximate surface area is 126 Å². The number of allylic oxidation sites excluding steroid dienone is 1. The Hall–Kier alpha value is -0.870. The molecule has 0 bridgehead atoms. The van der Waals surface area contributed by atoms with Crippen LogP contribution in [0.25, 0.3) is 0 Å². The number of nitrogens with zero attached hydrogens (tertiary/aromatic N) is 1. The van der Waals surface area contributed by atoms with E-state index in [1.807, 2.05) is 0 Å². The molecule has 114 valence electrons. The molecule has 1 rings (SSSR count). The van der Waals surface area contributed by atoms with E-state index < -0.39 is 0 Å². The Balaban J connectivity index is 2.23. The van der Waals surface area contributed by atoms with E-state index in [1.54, 1.807) is 0 Å². The summed E-state index contributed by atoms with van der Waals surface area (Å²) in [5.41, 5.74) is 0. The number of hydrogen-bond acceptors (Lipinski definition) is 4. The number of carbonyl (C=O) groups is 2. The Morgan fingerprint density at radius 3 is 2.90 bits per heavy atom. The monoisotopic (exact) mass is 301 g/mol. The first kappa shape index (κ1) is 17.2. The summed E-state index contributed by atoms with van der Waals surface area (Å²) in [7, 11) is 1.41. The highest BCUT2D eigenvalue weighted by Crippen LogP contribution is 2.25. The molecule has 5 heteroatoms. The van der Waals surface area contributed by atoms with Crippen LogP contribution >= 0.6 is 11.6 Å². The highest BCUT2D eigenvalue weighted by Gasteiger charge is 2.31. The largest absolute Gasteiger partial charge is 0.469 e. The summed E-state index contributed by atoms with van der Waals surface area (Å²) in [6, 6.07) is 0.327. The Bertz CT molecular complexity index is 333. The molecule has 0 radical (unpaired) electrons. The van der Waals surface area contributed by atoms with E-state index >= 15 is 0 Å². The lowest BCUT2D eigenvalue weighted by atomic mass is 10.1. The summed E-state index contributed by atoms with van der Waals surface area (Å²) in [6.07, 6.45) is 9.82. The summed E-state index contributed by atoms with van der Waals surface area (Å²) >= 11 is 6.33. The van der Waals surface area contributed by atoms with Crippen molar-refractivity contribution in [2.24, 2.45) is 0 Å². The molecule has 1 fully saturated rings. The zero-order chi connectivity index (χ0) is 14.8. The lowest BCUT2D eigenvalue weighted by Gasteiger charge is -2.24. The van der Waals surface area contributed by atoms with Crippen molar-refractivity contribution >= 4 is 23.9 Å². The summed E-state index contributed by atoms with van der Waals surface area (Å²) in [5, 5.41) is 0.168. The van der Waals surface area contributed by atoms with Crippen molar-refractivity contribution in [3.63, 3.8) is 0 Å². The third-order valence-corrected chi connectivity index (χ3v) is 4.15. The van der Waals surface area contributed by atoms with Gasteiger partial charge < -0.3 is 9.53 Å². The number of halogens is 1. The van der Waals surface area contributed by atoms with Gasteiger partial charge in [0.25, 0.3) is 0 Å². The molecule has 2 atom stereocenters. The van der Waals surface area contributed by atoms with Crippen molar-refractivity contribution in [3.8, 4) is 0 Å². The van der Waals surface area contributed by atoms with Crippen LogP contribution < -0.4 is 0 Å². The maximum absolute atomic E-state index is 10.9. The summed E-state index contributed by atoms with van der Waals surface area (Å²) in [4.78, 5) is 23.7. The summed E-state index contributed by atoms with van der Waals surface area (Å²) < 4.78 is 4.59. The van der Waals surface area contributed by atoms with Crippen molar-refractivity contribution in [1.29, 1.82) is 0 Å². The smallest absolute Gasteiger partial charge is 0.305 e.